The number of benzene rings is 2. The summed E-state index contributed by atoms with van der Waals surface area (Å²) in [6, 6.07) is 10.0. The number of hydrogen-bond donors (Lipinski definition) is 1. The number of tetrazole rings is 1. The van der Waals surface area contributed by atoms with E-state index in [2.05, 4.69) is 36.7 Å². The molecule has 2 aromatic carbocycles. The van der Waals surface area contributed by atoms with Gasteiger partial charge in [-0.15, -0.1) is 10.2 Å². The molecule has 6 nitrogen and oxygen atoms in total. The first-order valence-corrected chi connectivity index (χ1v) is 7.58. The van der Waals surface area contributed by atoms with Crippen LogP contribution in [0.15, 0.2) is 46.9 Å². The molecule has 0 bridgehead atoms. The number of halogens is 3. The minimum absolute atomic E-state index is 0.0192. The Morgan fingerprint density at radius 3 is 2.46 bits per heavy atom. The van der Waals surface area contributed by atoms with Gasteiger partial charge in [-0.2, -0.15) is 4.80 Å². The summed E-state index contributed by atoms with van der Waals surface area (Å²) in [5.41, 5.74) is 0.766. The molecule has 122 valence electrons. The molecule has 0 saturated carbocycles. The van der Waals surface area contributed by atoms with Crippen molar-refractivity contribution in [3.63, 3.8) is 0 Å². The Labute approximate surface area is 143 Å². The Morgan fingerprint density at radius 2 is 1.79 bits per heavy atom. The van der Waals surface area contributed by atoms with Crippen LogP contribution in [0, 0.1) is 11.6 Å². The van der Waals surface area contributed by atoms with Crippen molar-refractivity contribution in [2.45, 2.75) is 6.54 Å². The molecule has 1 amide bonds. The summed E-state index contributed by atoms with van der Waals surface area (Å²) in [7, 11) is 0. The molecule has 0 unspecified atom stereocenters. The Balaban J connectivity index is 1.68. The number of rotatable bonds is 4. The number of hydrogen-bond acceptors (Lipinski definition) is 4. The van der Waals surface area contributed by atoms with Gasteiger partial charge in [0, 0.05) is 21.8 Å². The molecule has 9 heteroatoms. The molecule has 1 aromatic heterocycles. The molecule has 0 aliphatic rings. The third-order valence-corrected chi connectivity index (χ3v) is 3.52. The first kappa shape index (κ1) is 16.2. The second kappa shape index (κ2) is 6.83. The van der Waals surface area contributed by atoms with E-state index in [1.54, 1.807) is 12.1 Å². The van der Waals surface area contributed by atoms with Crippen molar-refractivity contribution in [2.75, 3.05) is 5.32 Å². The summed E-state index contributed by atoms with van der Waals surface area (Å²) in [5, 5.41) is 14.1. The summed E-state index contributed by atoms with van der Waals surface area (Å²) < 4.78 is 27.1. The molecule has 1 N–H and O–H groups in total. The maximum atomic E-state index is 13.1. The monoisotopic (exact) mass is 393 g/mol. The highest BCUT2D eigenvalue weighted by Crippen LogP contribution is 2.17. The summed E-state index contributed by atoms with van der Waals surface area (Å²) in [6.07, 6.45) is 0. The second-order valence-corrected chi connectivity index (χ2v) is 5.77. The molecule has 24 heavy (non-hydrogen) atoms. The average Bonchev–Trinajstić information content (AvgIpc) is 2.95. The van der Waals surface area contributed by atoms with Crippen LogP contribution in [0.5, 0.6) is 0 Å². The molecule has 0 aliphatic heterocycles. The van der Waals surface area contributed by atoms with Crippen LogP contribution >= 0.6 is 15.9 Å². The number of amides is 1. The van der Waals surface area contributed by atoms with Crippen molar-refractivity contribution in [2.24, 2.45) is 0 Å². The standard InChI is InChI=1S/C15H10BrF2N5O/c16-10-3-1-9(2-4-10)15-20-22-23(21-15)8-14(24)19-13-6-11(17)5-12(18)7-13/h1-7H,8H2,(H,19,24). The van der Waals surface area contributed by atoms with Gasteiger partial charge in [0.2, 0.25) is 11.7 Å². The van der Waals surface area contributed by atoms with Crippen LogP contribution in [0.25, 0.3) is 11.4 Å². The van der Waals surface area contributed by atoms with Gasteiger partial charge in [-0.25, -0.2) is 8.78 Å². The molecule has 3 rings (SSSR count). The van der Waals surface area contributed by atoms with Crippen LogP contribution < -0.4 is 5.32 Å². The third kappa shape index (κ3) is 3.99. The van der Waals surface area contributed by atoms with E-state index in [0.29, 0.717) is 5.82 Å². The number of carbonyl (C=O) groups is 1. The fraction of sp³-hybridized carbons (Fsp3) is 0.0667. The fourth-order valence-corrected chi connectivity index (χ4v) is 2.24. The number of aromatic nitrogens is 4. The van der Waals surface area contributed by atoms with E-state index in [0.717, 1.165) is 33.0 Å². The first-order chi connectivity index (χ1) is 11.5. The normalized spacial score (nSPS) is 10.6. The molecule has 3 aromatic rings. The Kier molecular flexibility index (Phi) is 4.61. The van der Waals surface area contributed by atoms with Gasteiger partial charge in [0.1, 0.15) is 18.2 Å². The van der Waals surface area contributed by atoms with Crippen molar-refractivity contribution in [3.8, 4) is 11.4 Å². The van der Waals surface area contributed by atoms with Crippen LogP contribution in [0.2, 0.25) is 0 Å². The van der Waals surface area contributed by atoms with Crippen molar-refractivity contribution < 1.29 is 13.6 Å². The lowest BCUT2D eigenvalue weighted by atomic mass is 10.2. The predicted molar refractivity (Wildman–Crippen MR) is 85.9 cm³/mol. The molecule has 0 radical (unpaired) electrons. The van der Waals surface area contributed by atoms with E-state index in [4.69, 9.17) is 0 Å². The largest absolute Gasteiger partial charge is 0.324 e. The van der Waals surface area contributed by atoms with Gasteiger partial charge in [-0.05, 0) is 41.6 Å². The van der Waals surface area contributed by atoms with E-state index in [-0.39, 0.29) is 12.2 Å². The van der Waals surface area contributed by atoms with Crippen LogP contribution in [-0.2, 0) is 11.3 Å². The van der Waals surface area contributed by atoms with Crippen molar-refractivity contribution in [3.05, 3.63) is 58.6 Å². The van der Waals surface area contributed by atoms with Gasteiger partial charge in [-0.1, -0.05) is 15.9 Å². The lowest BCUT2D eigenvalue weighted by Gasteiger charge is -2.04. The smallest absolute Gasteiger partial charge is 0.248 e. The van der Waals surface area contributed by atoms with Gasteiger partial charge in [-0.3, -0.25) is 4.79 Å². The fourth-order valence-electron chi connectivity index (χ4n) is 1.98. The van der Waals surface area contributed by atoms with Crippen LogP contribution in [-0.4, -0.2) is 26.1 Å². The number of nitrogens with one attached hydrogen (secondary N) is 1. The van der Waals surface area contributed by atoms with Gasteiger partial charge in [0.05, 0.1) is 0 Å². The molecule has 1 heterocycles. The van der Waals surface area contributed by atoms with Crippen LogP contribution in [0.3, 0.4) is 0 Å². The van der Waals surface area contributed by atoms with E-state index < -0.39 is 17.5 Å². The second-order valence-electron chi connectivity index (χ2n) is 4.86. The van der Waals surface area contributed by atoms with Crippen molar-refractivity contribution in [1.82, 2.24) is 20.2 Å². The van der Waals surface area contributed by atoms with E-state index in [9.17, 15) is 13.6 Å². The minimum Gasteiger partial charge on any atom is -0.324 e. The molecule has 0 spiro atoms. The highest BCUT2D eigenvalue weighted by atomic mass is 79.9. The maximum absolute atomic E-state index is 13.1. The Morgan fingerprint density at radius 1 is 1.12 bits per heavy atom. The topological polar surface area (TPSA) is 72.7 Å². The molecular formula is C15H10BrF2N5O. The SMILES string of the molecule is O=C(Cn1nnc(-c2ccc(Br)cc2)n1)Nc1cc(F)cc(F)c1. The average molecular weight is 394 g/mol. The summed E-state index contributed by atoms with van der Waals surface area (Å²) in [6.45, 7) is -0.234. The maximum Gasteiger partial charge on any atom is 0.248 e. The van der Waals surface area contributed by atoms with Crippen LogP contribution in [0.4, 0.5) is 14.5 Å². The molecular weight excluding hydrogens is 384 g/mol. The third-order valence-electron chi connectivity index (χ3n) is 2.99. The summed E-state index contributed by atoms with van der Waals surface area (Å²) in [5.74, 6) is -1.71. The lowest BCUT2D eigenvalue weighted by Crippen LogP contribution is -2.20. The minimum atomic E-state index is -0.776. The van der Waals surface area contributed by atoms with E-state index >= 15 is 0 Å². The quantitative estimate of drug-likeness (QED) is 0.739. The predicted octanol–water partition coefficient (Wildman–Crippen LogP) is 3.02. The Hall–Kier alpha value is -2.68. The lowest BCUT2D eigenvalue weighted by molar-refractivity contribution is -0.117. The summed E-state index contributed by atoms with van der Waals surface area (Å²) in [4.78, 5) is 13.0. The molecule has 0 fully saturated rings. The Bertz CT molecular complexity index is 862. The van der Waals surface area contributed by atoms with Gasteiger partial charge in [0.25, 0.3) is 0 Å². The van der Waals surface area contributed by atoms with Crippen LogP contribution in [0.1, 0.15) is 0 Å². The zero-order valence-corrected chi connectivity index (χ0v) is 13.7. The molecule has 0 aliphatic carbocycles. The first-order valence-electron chi connectivity index (χ1n) is 6.79. The van der Waals surface area contributed by atoms with E-state index in [1.807, 2.05) is 12.1 Å². The highest BCUT2D eigenvalue weighted by Gasteiger charge is 2.10. The number of carbonyl (C=O) groups excluding carboxylic acids is 1. The van der Waals surface area contributed by atoms with Crippen molar-refractivity contribution in [1.29, 1.82) is 0 Å². The zero-order chi connectivity index (χ0) is 17.1. The van der Waals surface area contributed by atoms with Gasteiger partial charge < -0.3 is 5.32 Å². The van der Waals surface area contributed by atoms with Crippen molar-refractivity contribution >= 4 is 27.5 Å². The van der Waals surface area contributed by atoms with Gasteiger partial charge >= 0.3 is 0 Å². The highest BCUT2D eigenvalue weighted by molar-refractivity contribution is 9.10. The summed E-state index contributed by atoms with van der Waals surface area (Å²) >= 11 is 3.33. The van der Waals surface area contributed by atoms with Gasteiger partial charge in [0.15, 0.2) is 0 Å². The van der Waals surface area contributed by atoms with E-state index in [1.165, 1.54) is 0 Å². The zero-order valence-electron chi connectivity index (χ0n) is 12.1. The molecule has 0 atom stereocenters. The molecule has 0 saturated heterocycles. The number of nitrogens with zero attached hydrogens (tertiary/aromatic N) is 4. The number of anilines is 1.